The second-order valence-corrected chi connectivity index (χ2v) is 8.43. The molecule has 2 aromatic carbocycles. The fourth-order valence-electron chi connectivity index (χ4n) is 4.34. The highest BCUT2D eigenvalue weighted by Crippen LogP contribution is 2.27. The van der Waals surface area contributed by atoms with Gasteiger partial charge in [-0.05, 0) is 48.2 Å². The van der Waals surface area contributed by atoms with Crippen LogP contribution in [0.15, 0.2) is 79.0 Å². The van der Waals surface area contributed by atoms with Crippen LogP contribution in [0.3, 0.4) is 0 Å². The molecule has 5 nitrogen and oxygen atoms in total. The third-order valence-electron chi connectivity index (χ3n) is 6.04. The van der Waals surface area contributed by atoms with Gasteiger partial charge in [0.05, 0.1) is 0 Å². The normalized spacial score (nSPS) is 14.9. The molecule has 33 heavy (non-hydrogen) atoms. The third-order valence-corrected chi connectivity index (χ3v) is 6.04. The Bertz CT molecular complexity index is 1050. The van der Waals surface area contributed by atoms with E-state index in [9.17, 15) is 14.0 Å². The number of nitrogens with zero attached hydrogens (tertiary/aromatic N) is 2. The Morgan fingerprint density at radius 1 is 0.939 bits per heavy atom. The molecular weight excluding hydrogens is 417 g/mol. The first-order chi connectivity index (χ1) is 16.1. The molecular formula is C27H28FN3O2. The lowest BCUT2D eigenvalue weighted by molar-refractivity contribution is -0.127. The van der Waals surface area contributed by atoms with E-state index in [0.29, 0.717) is 5.56 Å². The molecule has 1 fully saturated rings. The first-order valence-electron chi connectivity index (χ1n) is 11.4. The molecule has 1 aliphatic carbocycles. The molecule has 1 N–H and O–H groups in total. The SMILES string of the molecule is O=C(NC1CCCCC1)C(c1ccc(F)cc1)N(Cc1ccccc1)C(=O)c1ccccn1. The quantitative estimate of drug-likeness (QED) is 0.553. The number of nitrogens with one attached hydrogen (secondary N) is 1. The first-order valence-corrected chi connectivity index (χ1v) is 11.4. The van der Waals surface area contributed by atoms with E-state index in [-0.39, 0.29) is 30.1 Å². The van der Waals surface area contributed by atoms with Crippen LogP contribution in [0.4, 0.5) is 4.39 Å². The van der Waals surface area contributed by atoms with Gasteiger partial charge in [0.1, 0.15) is 17.6 Å². The molecule has 0 radical (unpaired) electrons. The van der Waals surface area contributed by atoms with Gasteiger partial charge in [0.15, 0.2) is 0 Å². The number of carbonyl (C=O) groups is 2. The highest BCUT2D eigenvalue weighted by Gasteiger charge is 2.34. The fourth-order valence-corrected chi connectivity index (χ4v) is 4.34. The van der Waals surface area contributed by atoms with Crippen molar-refractivity contribution in [3.8, 4) is 0 Å². The molecule has 1 heterocycles. The lowest BCUT2D eigenvalue weighted by Gasteiger charge is -2.33. The van der Waals surface area contributed by atoms with Gasteiger partial charge in [-0.25, -0.2) is 4.39 Å². The van der Waals surface area contributed by atoms with Gasteiger partial charge in [-0.3, -0.25) is 14.6 Å². The Labute approximate surface area is 193 Å². The minimum absolute atomic E-state index is 0.0812. The standard InChI is InChI=1S/C27H28FN3O2/c28-22-16-14-21(15-17-22)25(26(32)30-23-11-5-2-6-12-23)31(19-20-9-3-1-4-10-20)27(33)24-13-7-8-18-29-24/h1,3-4,7-10,13-18,23,25H,2,5-6,11-12,19H2,(H,30,32). The van der Waals surface area contributed by atoms with Gasteiger partial charge >= 0.3 is 0 Å². The van der Waals surface area contributed by atoms with E-state index in [2.05, 4.69) is 10.3 Å². The van der Waals surface area contributed by atoms with Crippen molar-refractivity contribution < 1.29 is 14.0 Å². The molecule has 3 aromatic rings. The highest BCUT2D eigenvalue weighted by atomic mass is 19.1. The van der Waals surface area contributed by atoms with Crippen molar-refractivity contribution in [3.05, 3.63) is 102 Å². The Hall–Kier alpha value is -3.54. The van der Waals surface area contributed by atoms with Crippen molar-refractivity contribution in [1.29, 1.82) is 0 Å². The molecule has 4 rings (SSSR count). The van der Waals surface area contributed by atoms with Gasteiger partial charge in [0.25, 0.3) is 5.91 Å². The van der Waals surface area contributed by atoms with Gasteiger partial charge in [0.2, 0.25) is 5.91 Å². The number of benzene rings is 2. The maximum absolute atomic E-state index is 13.7. The summed E-state index contributed by atoms with van der Waals surface area (Å²) < 4.78 is 13.7. The fraction of sp³-hybridized carbons (Fsp3) is 0.296. The summed E-state index contributed by atoms with van der Waals surface area (Å²) in [6.45, 7) is 0.219. The number of rotatable bonds is 7. The molecule has 0 bridgehead atoms. The van der Waals surface area contributed by atoms with Crippen molar-refractivity contribution in [3.63, 3.8) is 0 Å². The largest absolute Gasteiger partial charge is 0.351 e. The maximum atomic E-state index is 13.7. The van der Waals surface area contributed by atoms with E-state index in [1.165, 1.54) is 23.5 Å². The van der Waals surface area contributed by atoms with Gasteiger partial charge < -0.3 is 10.2 Å². The average Bonchev–Trinajstić information content (AvgIpc) is 2.86. The van der Waals surface area contributed by atoms with Gasteiger partial charge in [-0.1, -0.05) is 67.8 Å². The zero-order valence-electron chi connectivity index (χ0n) is 18.5. The molecule has 0 saturated heterocycles. The predicted octanol–water partition coefficient (Wildman–Crippen LogP) is 5.05. The van der Waals surface area contributed by atoms with Crippen molar-refractivity contribution in [2.45, 2.75) is 50.7 Å². The van der Waals surface area contributed by atoms with Gasteiger partial charge in [0, 0.05) is 18.8 Å². The van der Waals surface area contributed by atoms with E-state index in [1.54, 1.807) is 36.5 Å². The summed E-state index contributed by atoms with van der Waals surface area (Å²) in [5.74, 6) is -1.00. The van der Waals surface area contributed by atoms with E-state index >= 15 is 0 Å². The van der Waals surface area contributed by atoms with E-state index in [1.807, 2.05) is 30.3 Å². The van der Waals surface area contributed by atoms with E-state index < -0.39 is 11.9 Å². The molecule has 6 heteroatoms. The summed E-state index contributed by atoms with van der Waals surface area (Å²) in [5, 5.41) is 3.16. The van der Waals surface area contributed by atoms with Gasteiger partial charge in [-0.15, -0.1) is 0 Å². The Morgan fingerprint density at radius 2 is 1.64 bits per heavy atom. The molecule has 1 unspecified atom stereocenters. The van der Waals surface area contributed by atoms with E-state index in [4.69, 9.17) is 0 Å². The van der Waals surface area contributed by atoms with Crippen LogP contribution in [-0.4, -0.2) is 27.7 Å². The van der Waals surface area contributed by atoms with Gasteiger partial charge in [-0.2, -0.15) is 0 Å². The monoisotopic (exact) mass is 445 g/mol. The Kier molecular flexibility index (Phi) is 7.45. The number of aromatic nitrogens is 1. The van der Waals surface area contributed by atoms with Crippen LogP contribution in [0.2, 0.25) is 0 Å². The highest BCUT2D eigenvalue weighted by molar-refractivity contribution is 5.96. The summed E-state index contributed by atoms with van der Waals surface area (Å²) in [6.07, 6.45) is 6.73. The maximum Gasteiger partial charge on any atom is 0.273 e. The Balaban J connectivity index is 1.72. The van der Waals surface area contributed by atoms with Crippen molar-refractivity contribution >= 4 is 11.8 Å². The van der Waals surface area contributed by atoms with Crippen LogP contribution < -0.4 is 5.32 Å². The molecule has 1 saturated carbocycles. The first kappa shape index (κ1) is 22.6. The predicted molar refractivity (Wildman–Crippen MR) is 125 cm³/mol. The molecule has 2 amide bonds. The molecule has 0 aliphatic heterocycles. The minimum Gasteiger partial charge on any atom is -0.351 e. The summed E-state index contributed by atoms with van der Waals surface area (Å²) in [7, 11) is 0. The molecule has 0 spiro atoms. The zero-order valence-corrected chi connectivity index (χ0v) is 18.5. The molecule has 1 aliphatic rings. The summed E-state index contributed by atoms with van der Waals surface area (Å²) in [4.78, 5) is 33.0. The summed E-state index contributed by atoms with van der Waals surface area (Å²) >= 11 is 0. The average molecular weight is 446 g/mol. The van der Waals surface area contributed by atoms with Crippen molar-refractivity contribution in [1.82, 2.24) is 15.2 Å². The smallest absolute Gasteiger partial charge is 0.273 e. The third kappa shape index (κ3) is 5.83. The molecule has 1 atom stereocenters. The number of hydrogen-bond donors (Lipinski definition) is 1. The van der Waals surface area contributed by atoms with Crippen LogP contribution in [-0.2, 0) is 11.3 Å². The van der Waals surface area contributed by atoms with Crippen molar-refractivity contribution in [2.24, 2.45) is 0 Å². The van der Waals surface area contributed by atoms with E-state index in [0.717, 1.165) is 31.2 Å². The lowest BCUT2D eigenvalue weighted by atomic mass is 9.94. The number of carbonyl (C=O) groups excluding carboxylic acids is 2. The Morgan fingerprint density at radius 3 is 2.30 bits per heavy atom. The molecule has 1 aromatic heterocycles. The second-order valence-electron chi connectivity index (χ2n) is 8.43. The minimum atomic E-state index is -0.915. The number of pyridine rings is 1. The topological polar surface area (TPSA) is 62.3 Å². The van der Waals surface area contributed by atoms with Crippen LogP contribution in [0, 0.1) is 5.82 Å². The second kappa shape index (κ2) is 10.9. The zero-order chi connectivity index (χ0) is 23.0. The lowest BCUT2D eigenvalue weighted by Crippen LogP contribution is -2.47. The molecule has 170 valence electrons. The van der Waals surface area contributed by atoms with Crippen LogP contribution in [0.1, 0.15) is 59.8 Å². The number of amides is 2. The van der Waals surface area contributed by atoms with Crippen molar-refractivity contribution in [2.75, 3.05) is 0 Å². The van der Waals surface area contributed by atoms with Crippen LogP contribution in [0.5, 0.6) is 0 Å². The van der Waals surface area contributed by atoms with Crippen LogP contribution in [0.25, 0.3) is 0 Å². The van der Waals surface area contributed by atoms with Crippen LogP contribution >= 0.6 is 0 Å². The summed E-state index contributed by atoms with van der Waals surface area (Å²) in [6, 6.07) is 19.6. The number of halogens is 1. The number of hydrogen-bond acceptors (Lipinski definition) is 3. The summed E-state index contributed by atoms with van der Waals surface area (Å²) in [5.41, 5.74) is 1.70.